The second-order valence-corrected chi connectivity index (χ2v) is 6.01. The first kappa shape index (κ1) is 15.4. The van der Waals surface area contributed by atoms with E-state index in [9.17, 15) is 9.18 Å². The van der Waals surface area contributed by atoms with Crippen molar-refractivity contribution in [1.82, 2.24) is 15.2 Å². The van der Waals surface area contributed by atoms with Gasteiger partial charge >= 0.3 is 0 Å². The Hall–Kier alpha value is -2.50. The molecule has 1 aromatic carbocycles. The SMILES string of the molecule is Cc1ccc([C@@H]2C[C@H]2C(=O)N/N=C\c2c(C)nn(C)c2F)cc1. The van der Waals surface area contributed by atoms with Crippen molar-refractivity contribution in [3.63, 3.8) is 0 Å². The predicted octanol–water partition coefficient (Wildman–Crippen LogP) is 2.43. The number of carbonyl (C=O) groups is 1. The molecule has 1 aliphatic rings. The van der Waals surface area contributed by atoms with Gasteiger partial charge in [-0.05, 0) is 31.7 Å². The lowest BCUT2D eigenvalue weighted by Gasteiger charge is -2.01. The van der Waals surface area contributed by atoms with Crippen LogP contribution >= 0.6 is 0 Å². The number of aromatic nitrogens is 2. The molecule has 1 fully saturated rings. The summed E-state index contributed by atoms with van der Waals surface area (Å²) in [4.78, 5) is 12.1. The highest BCUT2D eigenvalue weighted by molar-refractivity contribution is 5.86. The van der Waals surface area contributed by atoms with Crippen molar-refractivity contribution >= 4 is 12.1 Å². The normalized spacial score (nSPS) is 20.0. The fourth-order valence-corrected chi connectivity index (χ4v) is 2.70. The molecule has 0 spiro atoms. The number of benzene rings is 1. The molecule has 0 aliphatic heterocycles. The Balaban J connectivity index is 1.58. The van der Waals surface area contributed by atoms with Gasteiger partial charge in [-0.3, -0.25) is 4.79 Å². The van der Waals surface area contributed by atoms with E-state index in [0.29, 0.717) is 11.3 Å². The van der Waals surface area contributed by atoms with Gasteiger partial charge in [0.1, 0.15) is 0 Å². The van der Waals surface area contributed by atoms with Gasteiger partial charge in [0.15, 0.2) is 0 Å². The van der Waals surface area contributed by atoms with Crippen molar-refractivity contribution in [1.29, 1.82) is 0 Å². The molecule has 1 N–H and O–H groups in total. The number of hydrogen-bond acceptors (Lipinski definition) is 3. The lowest BCUT2D eigenvalue weighted by molar-refractivity contribution is -0.122. The average Bonchev–Trinajstić information content (AvgIpc) is 3.27. The summed E-state index contributed by atoms with van der Waals surface area (Å²) in [5.74, 6) is -0.407. The summed E-state index contributed by atoms with van der Waals surface area (Å²) in [5, 5.41) is 7.81. The molecule has 1 aromatic heterocycles. The van der Waals surface area contributed by atoms with Gasteiger partial charge in [-0.25, -0.2) is 10.1 Å². The lowest BCUT2D eigenvalue weighted by Crippen LogP contribution is -2.20. The van der Waals surface area contributed by atoms with Crippen LogP contribution in [0.3, 0.4) is 0 Å². The largest absolute Gasteiger partial charge is 0.273 e. The summed E-state index contributed by atoms with van der Waals surface area (Å²) in [5.41, 5.74) is 5.70. The van der Waals surface area contributed by atoms with E-state index in [4.69, 9.17) is 0 Å². The van der Waals surface area contributed by atoms with Gasteiger partial charge in [-0.2, -0.15) is 14.6 Å². The zero-order valence-electron chi connectivity index (χ0n) is 13.4. The van der Waals surface area contributed by atoms with E-state index in [0.717, 1.165) is 11.1 Å². The molecule has 1 amide bonds. The molecule has 0 radical (unpaired) electrons. The van der Waals surface area contributed by atoms with Crippen LogP contribution in [-0.4, -0.2) is 21.9 Å². The Bertz CT molecular complexity index is 764. The Kier molecular flexibility index (Phi) is 3.98. The lowest BCUT2D eigenvalue weighted by atomic mass is 10.1. The van der Waals surface area contributed by atoms with E-state index in [-0.39, 0.29) is 17.7 Å². The zero-order chi connectivity index (χ0) is 16.6. The van der Waals surface area contributed by atoms with Gasteiger partial charge < -0.3 is 0 Å². The van der Waals surface area contributed by atoms with Crippen molar-refractivity contribution in [2.24, 2.45) is 18.1 Å². The van der Waals surface area contributed by atoms with Crippen LogP contribution in [0.1, 0.15) is 34.7 Å². The van der Waals surface area contributed by atoms with Crippen LogP contribution in [0.25, 0.3) is 0 Å². The third-order valence-electron chi connectivity index (χ3n) is 4.20. The molecule has 120 valence electrons. The fourth-order valence-electron chi connectivity index (χ4n) is 2.70. The first-order valence-electron chi connectivity index (χ1n) is 7.56. The molecular formula is C17H19FN4O. The molecule has 3 rings (SSSR count). The highest BCUT2D eigenvalue weighted by atomic mass is 19.1. The van der Waals surface area contributed by atoms with Crippen molar-refractivity contribution in [3.05, 3.63) is 52.6 Å². The topological polar surface area (TPSA) is 59.3 Å². The third kappa shape index (κ3) is 3.16. The van der Waals surface area contributed by atoms with Crippen LogP contribution in [0.4, 0.5) is 4.39 Å². The van der Waals surface area contributed by atoms with Crippen LogP contribution in [-0.2, 0) is 11.8 Å². The Morgan fingerprint density at radius 2 is 2.09 bits per heavy atom. The number of rotatable bonds is 4. The molecule has 2 aromatic rings. The van der Waals surface area contributed by atoms with Gasteiger partial charge in [-0.15, -0.1) is 0 Å². The van der Waals surface area contributed by atoms with Crippen LogP contribution in [0.5, 0.6) is 0 Å². The van der Waals surface area contributed by atoms with E-state index < -0.39 is 5.95 Å². The van der Waals surface area contributed by atoms with E-state index in [1.54, 1.807) is 6.92 Å². The number of nitrogens with zero attached hydrogens (tertiary/aromatic N) is 3. The van der Waals surface area contributed by atoms with Crippen LogP contribution in [0.15, 0.2) is 29.4 Å². The number of nitrogens with one attached hydrogen (secondary N) is 1. The first-order chi connectivity index (χ1) is 11.0. The number of amides is 1. The molecule has 0 bridgehead atoms. The number of hydrogen-bond donors (Lipinski definition) is 1. The van der Waals surface area contributed by atoms with Crippen molar-refractivity contribution in [2.45, 2.75) is 26.2 Å². The summed E-state index contributed by atoms with van der Waals surface area (Å²) in [6.07, 6.45) is 2.13. The average molecular weight is 314 g/mol. The van der Waals surface area contributed by atoms with Crippen LogP contribution in [0, 0.1) is 25.7 Å². The number of halogens is 1. The second kappa shape index (κ2) is 5.95. The summed E-state index contributed by atoms with van der Waals surface area (Å²) in [6, 6.07) is 8.22. The molecule has 0 unspecified atom stereocenters. The maximum atomic E-state index is 13.7. The standard InChI is InChI=1S/C17H19FN4O/c1-10-4-6-12(7-5-10)13-8-14(13)17(23)20-19-9-15-11(2)21-22(3)16(15)18/h4-7,9,13-14H,8H2,1-3H3,(H,20,23)/b19-9-/t13-,14+/m0/s1. The molecule has 1 aliphatic carbocycles. The van der Waals surface area contributed by atoms with E-state index in [1.165, 1.54) is 24.4 Å². The quantitative estimate of drug-likeness (QED) is 0.696. The summed E-state index contributed by atoms with van der Waals surface area (Å²) >= 11 is 0. The number of aryl methyl sites for hydroxylation is 3. The van der Waals surface area contributed by atoms with Gasteiger partial charge in [0.2, 0.25) is 11.9 Å². The fraction of sp³-hybridized carbons (Fsp3) is 0.353. The number of carbonyl (C=O) groups excluding carboxylic acids is 1. The minimum Gasteiger partial charge on any atom is -0.273 e. The van der Waals surface area contributed by atoms with Gasteiger partial charge in [0.05, 0.1) is 17.5 Å². The van der Waals surface area contributed by atoms with E-state index in [1.807, 2.05) is 6.92 Å². The maximum absolute atomic E-state index is 13.7. The third-order valence-corrected chi connectivity index (χ3v) is 4.20. The Labute approximate surface area is 134 Å². The molecule has 5 nitrogen and oxygen atoms in total. The summed E-state index contributed by atoms with van der Waals surface area (Å²) in [6.45, 7) is 3.73. The maximum Gasteiger partial charge on any atom is 0.243 e. The van der Waals surface area contributed by atoms with Crippen molar-refractivity contribution in [2.75, 3.05) is 0 Å². The molecule has 0 saturated heterocycles. The highest BCUT2D eigenvalue weighted by Crippen LogP contribution is 2.47. The molecule has 1 heterocycles. The minimum absolute atomic E-state index is 0.0605. The van der Waals surface area contributed by atoms with Crippen molar-refractivity contribution in [3.8, 4) is 0 Å². The smallest absolute Gasteiger partial charge is 0.243 e. The summed E-state index contributed by atoms with van der Waals surface area (Å²) < 4.78 is 14.9. The van der Waals surface area contributed by atoms with Crippen molar-refractivity contribution < 1.29 is 9.18 Å². The minimum atomic E-state index is -0.468. The Morgan fingerprint density at radius 3 is 2.70 bits per heavy atom. The number of hydrazone groups is 1. The first-order valence-corrected chi connectivity index (χ1v) is 7.56. The van der Waals surface area contributed by atoms with Crippen LogP contribution in [0.2, 0.25) is 0 Å². The predicted molar refractivity (Wildman–Crippen MR) is 85.7 cm³/mol. The summed E-state index contributed by atoms with van der Waals surface area (Å²) in [7, 11) is 1.52. The molecule has 23 heavy (non-hydrogen) atoms. The zero-order valence-corrected chi connectivity index (χ0v) is 13.4. The van der Waals surface area contributed by atoms with Gasteiger partial charge in [0, 0.05) is 13.0 Å². The molecule has 2 atom stereocenters. The molecule has 1 saturated carbocycles. The monoisotopic (exact) mass is 314 g/mol. The second-order valence-electron chi connectivity index (χ2n) is 6.01. The van der Waals surface area contributed by atoms with E-state index >= 15 is 0 Å². The van der Waals surface area contributed by atoms with Gasteiger partial charge in [-0.1, -0.05) is 29.8 Å². The highest BCUT2D eigenvalue weighted by Gasteiger charge is 2.43. The van der Waals surface area contributed by atoms with E-state index in [2.05, 4.69) is 39.9 Å². The molecule has 6 heteroatoms. The van der Waals surface area contributed by atoms with Crippen LogP contribution < -0.4 is 5.43 Å². The Morgan fingerprint density at radius 1 is 1.39 bits per heavy atom. The van der Waals surface area contributed by atoms with Gasteiger partial charge in [0.25, 0.3) is 0 Å². The molecular weight excluding hydrogens is 295 g/mol.